The molecule has 0 radical (unpaired) electrons. The number of benzene rings is 3. The number of aromatic nitrogens is 4. The minimum absolute atomic E-state index is 0.144. The average Bonchev–Trinajstić information content (AvgIpc) is 3.33. The van der Waals surface area contributed by atoms with E-state index in [0.29, 0.717) is 22.4 Å². The maximum Gasteiger partial charge on any atom is 0.335 e. The first-order valence-electron chi connectivity index (χ1n) is 10.2. The summed E-state index contributed by atoms with van der Waals surface area (Å²) in [6.07, 6.45) is 7.21. The maximum absolute atomic E-state index is 13.3. The van der Waals surface area contributed by atoms with Crippen LogP contribution in [0.2, 0.25) is 0 Å². The van der Waals surface area contributed by atoms with E-state index in [1.165, 1.54) is 16.7 Å². The molecule has 0 unspecified atom stereocenters. The van der Waals surface area contributed by atoms with E-state index in [-0.39, 0.29) is 11.1 Å². The van der Waals surface area contributed by atoms with Crippen molar-refractivity contribution in [3.05, 3.63) is 119 Å². The predicted molar refractivity (Wildman–Crippen MR) is 127 cm³/mol. The van der Waals surface area contributed by atoms with Gasteiger partial charge < -0.3 is 5.11 Å². The summed E-state index contributed by atoms with van der Waals surface area (Å²) in [5.41, 5.74) is 2.81. The molecule has 0 bridgehead atoms. The Kier molecular flexibility index (Phi) is 5.12. The molecule has 0 aliphatic heterocycles. The molecule has 7 heteroatoms. The lowest BCUT2D eigenvalue weighted by molar-refractivity contribution is 0.0697. The number of hydrogen-bond donors (Lipinski definition) is 1. The molecule has 160 valence electrons. The Hall–Kier alpha value is -4.78. The highest BCUT2D eigenvalue weighted by Gasteiger charge is 2.12. The number of para-hydroxylation sites is 2. The molecule has 0 saturated carbocycles. The second-order valence-electron chi connectivity index (χ2n) is 7.37. The van der Waals surface area contributed by atoms with Crippen molar-refractivity contribution in [3.8, 4) is 11.4 Å². The Balaban J connectivity index is 1.60. The van der Waals surface area contributed by atoms with Gasteiger partial charge in [0.15, 0.2) is 0 Å². The van der Waals surface area contributed by atoms with Gasteiger partial charge in [-0.05, 0) is 60.7 Å². The first-order valence-corrected chi connectivity index (χ1v) is 10.2. The van der Waals surface area contributed by atoms with Crippen molar-refractivity contribution in [1.82, 2.24) is 19.3 Å². The molecule has 7 nitrogen and oxygen atoms in total. The first-order chi connectivity index (χ1) is 16.1. The molecule has 3 aromatic carbocycles. The number of rotatable bonds is 5. The number of aromatic carboxylic acids is 1. The van der Waals surface area contributed by atoms with Crippen molar-refractivity contribution in [1.29, 1.82) is 0 Å². The standard InChI is InChI=1S/C26H18N4O3/c31-25-22-8-4-5-9-23(22)28-24(30(25)21-13-11-19(12-14-21)26(32)33)15-10-18-16-27-29(17-18)20-6-2-1-3-7-20/h1-17H,(H,32,33)/b15-10+. The lowest BCUT2D eigenvalue weighted by atomic mass is 10.2. The van der Waals surface area contributed by atoms with Crippen molar-refractivity contribution in [3.63, 3.8) is 0 Å². The third-order valence-corrected chi connectivity index (χ3v) is 5.22. The fourth-order valence-electron chi connectivity index (χ4n) is 3.58. The van der Waals surface area contributed by atoms with Crippen molar-refractivity contribution >= 4 is 29.0 Å². The van der Waals surface area contributed by atoms with Crippen molar-refractivity contribution < 1.29 is 9.90 Å². The van der Waals surface area contributed by atoms with Gasteiger partial charge in [0.25, 0.3) is 5.56 Å². The molecule has 0 spiro atoms. The second-order valence-corrected chi connectivity index (χ2v) is 7.37. The molecule has 2 heterocycles. The summed E-state index contributed by atoms with van der Waals surface area (Å²) in [6, 6.07) is 23.0. The maximum atomic E-state index is 13.3. The summed E-state index contributed by atoms with van der Waals surface area (Å²) < 4.78 is 3.25. The monoisotopic (exact) mass is 434 g/mol. The molecule has 0 aliphatic carbocycles. The SMILES string of the molecule is O=C(O)c1ccc(-n2c(/C=C/c3cnn(-c4ccccc4)c3)nc3ccccc3c2=O)cc1. The summed E-state index contributed by atoms with van der Waals surface area (Å²) in [5, 5.41) is 14.1. The molecule has 0 amide bonds. The van der Waals surface area contributed by atoms with E-state index >= 15 is 0 Å². The van der Waals surface area contributed by atoms with E-state index in [0.717, 1.165) is 11.3 Å². The van der Waals surface area contributed by atoms with Crippen LogP contribution < -0.4 is 5.56 Å². The Morgan fingerprint density at radius 3 is 2.33 bits per heavy atom. The van der Waals surface area contributed by atoms with Crippen LogP contribution in [0.5, 0.6) is 0 Å². The number of hydrogen-bond acceptors (Lipinski definition) is 4. The summed E-state index contributed by atoms with van der Waals surface area (Å²) in [5.74, 6) is -0.602. The number of carboxylic acids is 1. The third kappa shape index (κ3) is 3.95. The molecule has 1 N–H and O–H groups in total. The van der Waals surface area contributed by atoms with Gasteiger partial charge in [0.2, 0.25) is 0 Å². The van der Waals surface area contributed by atoms with Crippen LogP contribution in [0.1, 0.15) is 21.7 Å². The third-order valence-electron chi connectivity index (χ3n) is 5.22. The van der Waals surface area contributed by atoms with Crippen LogP contribution in [0.25, 0.3) is 34.4 Å². The van der Waals surface area contributed by atoms with Crippen molar-refractivity contribution in [2.75, 3.05) is 0 Å². The Labute approximate surface area is 188 Å². The molecule has 2 aromatic heterocycles. The van der Waals surface area contributed by atoms with Crippen molar-refractivity contribution in [2.24, 2.45) is 0 Å². The molecule has 33 heavy (non-hydrogen) atoms. The van der Waals surface area contributed by atoms with Gasteiger partial charge in [-0.3, -0.25) is 9.36 Å². The first kappa shape index (κ1) is 20.1. The summed E-state index contributed by atoms with van der Waals surface area (Å²) in [6.45, 7) is 0. The zero-order chi connectivity index (χ0) is 22.8. The molecule has 0 atom stereocenters. The zero-order valence-electron chi connectivity index (χ0n) is 17.4. The molecule has 0 saturated heterocycles. The molecular formula is C26H18N4O3. The van der Waals surface area contributed by atoms with E-state index in [1.807, 2.05) is 48.7 Å². The lowest BCUT2D eigenvalue weighted by Crippen LogP contribution is -2.22. The van der Waals surface area contributed by atoms with Crippen LogP contribution in [-0.2, 0) is 0 Å². The molecule has 0 aliphatic rings. The van der Waals surface area contributed by atoms with Crippen LogP contribution >= 0.6 is 0 Å². The van der Waals surface area contributed by atoms with Gasteiger partial charge in [-0.1, -0.05) is 30.3 Å². The van der Waals surface area contributed by atoms with Crippen molar-refractivity contribution in [2.45, 2.75) is 0 Å². The van der Waals surface area contributed by atoms with Crippen LogP contribution in [-0.4, -0.2) is 30.4 Å². The lowest BCUT2D eigenvalue weighted by Gasteiger charge is -2.11. The highest BCUT2D eigenvalue weighted by molar-refractivity contribution is 5.88. The van der Waals surface area contributed by atoms with Gasteiger partial charge in [0, 0.05) is 11.8 Å². The summed E-state index contributed by atoms with van der Waals surface area (Å²) in [4.78, 5) is 29.2. The number of carbonyl (C=O) groups is 1. The van der Waals surface area contributed by atoms with E-state index in [4.69, 9.17) is 0 Å². The normalized spacial score (nSPS) is 11.3. The van der Waals surface area contributed by atoms with Crippen LogP contribution in [0, 0.1) is 0 Å². The quantitative estimate of drug-likeness (QED) is 0.442. The Morgan fingerprint density at radius 2 is 1.58 bits per heavy atom. The number of nitrogens with zero attached hydrogens (tertiary/aromatic N) is 4. The van der Waals surface area contributed by atoms with Gasteiger partial charge in [0.1, 0.15) is 5.82 Å². The summed E-state index contributed by atoms with van der Waals surface area (Å²) in [7, 11) is 0. The van der Waals surface area contributed by atoms with Gasteiger partial charge >= 0.3 is 5.97 Å². The topological polar surface area (TPSA) is 90.0 Å². The second kappa shape index (κ2) is 8.39. The predicted octanol–water partition coefficient (Wildman–Crippen LogP) is 4.44. The van der Waals surface area contributed by atoms with Crippen LogP contribution in [0.3, 0.4) is 0 Å². The molecular weight excluding hydrogens is 416 g/mol. The summed E-state index contributed by atoms with van der Waals surface area (Å²) >= 11 is 0. The van der Waals surface area contributed by atoms with E-state index < -0.39 is 5.97 Å². The fraction of sp³-hybridized carbons (Fsp3) is 0. The highest BCUT2D eigenvalue weighted by atomic mass is 16.4. The highest BCUT2D eigenvalue weighted by Crippen LogP contribution is 2.17. The van der Waals surface area contributed by atoms with Gasteiger partial charge in [-0.2, -0.15) is 5.10 Å². The Bertz CT molecular complexity index is 1550. The van der Waals surface area contributed by atoms with Crippen LogP contribution in [0.4, 0.5) is 0 Å². The van der Waals surface area contributed by atoms with E-state index in [1.54, 1.807) is 47.3 Å². The average molecular weight is 434 g/mol. The van der Waals surface area contributed by atoms with Crippen LogP contribution in [0.15, 0.2) is 96.1 Å². The molecule has 5 rings (SSSR count). The largest absolute Gasteiger partial charge is 0.478 e. The van der Waals surface area contributed by atoms with Gasteiger partial charge in [-0.15, -0.1) is 0 Å². The minimum Gasteiger partial charge on any atom is -0.478 e. The minimum atomic E-state index is -1.03. The van der Waals surface area contributed by atoms with E-state index in [2.05, 4.69) is 10.1 Å². The number of fused-ring (bicyclic) bond motifs is 1. The van der Waals surface area contributed by atoms with Gasteiger partial charge in [0.05, 0.1) is 34.0 Å². The fourth-order valence-corrected chi connectivity index (χ4v) is 3.58. The number of carboxylic acid groups (broad SMARTS) is 1. The Morgan fingerprint density at radius 1 is 0.848 bits per heavy atom. The molecule has 0 fully saturated rings. The zero-order valence-corrected chi connectivity index (χ0v) is 17.4. The molecule has 5 aromatic rings. The van der Waals surface area contributed by atoms with Gasteiger partial charge in [-0.25, -0.2) is 14.5 Å². The van der Waals surface area contributed by atoms with E-state index in [9.17, 15) is 14.7 Å². The smallest absolute Gasteiger partial charge is 0.335 e.